The van der Waals surface area contributed by atoms with Gasteiger partial charge in [0.1, 0.15) is 5.82 Å². The maximum absolute atomic E-state index is 14.1. The highest BCUT2D eigenvalue weighted by molar-refractivity contribution is 5.97. The Bertz CT molecular complexity index is 887. The maximum atomic E-state index is 14.1. The van der Waals surface area contributed by atoms with Crippen LogP contribution in [0.25, 0.3) is 0 Å². The molecular formula is C22H27FN4O2. The summed E-state index contributed by atoms with van der Waals surface area (Å²) in [6, 6.07) is 13.2. The minimum atomic E-state index is -0.309. The molecule has 3 rings (SSSR count). The van der Waals surface area contributed by atoms with Crippen molar-refractivity contribution in [2.75, 3.05) is 29.9 Å². The Balaban J connectivity index is 1.67. The number of hydrogen-bond acceptors (Lipinski definition) is 3. The van der Waals surface area contributed by atoms with E-state index in [1.165, 1.54) is 6.07 Å². The van der Waals surface area contributed by atoms with E-state index in [0.29, 0.717) is 36.6 Å². The molecule has 1 heterocycles. The number of hydrogen-bond donors (Lipinski definition) is 2. The van der Waals surface area contributed by atoms with Crippen LogP contribution in [0.15, 0.2) is 48.5 Å². The van der Waals surface area contributed by atoms with Gasteiger partial charge in [0, 0.05) is 43.0 Å². The fraction of sp³-hybridized carbons (Fsp3) is 0.364. The fourth-order valence-corrected chi connectivity index (χ4v) is 3.51. The molecule has 0 spiro atoms. The van der Waals surface area contributed by atoms with Gasteiger partial charge in [-0.1, -0.05) is 18.2 Å². The highest BCUT2D eigenvalue weighted by Crippen LogP contribution is 2.23. The molecule has 7 heteroatoms. The summed E-state index contributed by atoms with van der Waals surface area (Å²) in [5, 5.41) is 5.50. The predicted molar refractivity (Wildman–Crippen MR) is 113 cm³/mol. The Hall–Kier alpha value is -3.09. The second-order valence-electron chi connectivity index (χ2n) is 7.58. The van der Waals surface area contributed by atoms with Crippen LogP contribution in [0, 0.1) is 5.82 Å². The Labute approximate surface area is 170 Å². The Morgan fingerprint density at radius 2 is 1.86 bits per heavy atom. The summed E-state index contributed by atoms with van der Waals surface area (Å²) in [4.78, 5) is 28.7. The number of urea groups is 1. The number of nitrogens with one attached hydrogen (secondary N) is 2. The van der Waals surface area contributed by atoms with Crippen molar-refractivity contribution in [3.05, 3.63) is 59.9 Å². The van der Waals surface area contributed by atoms with Gasteiger partial charge in [-0.3, -0.25) is 4.79 Å². The van der Waals surface area contributed by atoms with Crippen molar-refractivity contribution in [3.63, 3.8) is 0 Å². The summed E-state index contributed by atoms with van der Waals surface area (Å²) < 4.78 is 14.1. The number of carbonyl (C=O) groups is 2. The van der Waals surface area contributed by atoms with Crippen molar-refractivity contribution in [3.8, 4) is 0 Å². The second kappa shape index (κ2) is 8.94. The number of anilines is 2. The fourth-order valence-electron chi connectivity index (χ4n) is 3.51. The number of rotatable bonds is 4. The first-order valence-corrected chi connectivity index (χ1v) is 9.83. The molecule has 1 unspecified atom stereocenters. The van der Waals surface area contributed by atoms with Gasteiger partial charge in [-0.05, 0) is 51.1 Å². The Morgan fingerprint density at radius 1 is 1.10 bits per heavy atom. The first-order valence-electron chi connectivity index (χ1n) is 9.83. The van der Waals surface area contributed by atoms with Crippen LogP contribution in [0.2, 0.25) is 0 Å². The summed E-state index contributed by atoms with van der Waals surface area (Å²) >= 11 is 0. The molecule has 1 aliphatic rings. The summed E-state index contributed by atoms with van der Waals surface area (Å²) in [6.07, 6.45) is 0. The molecule has 29 heavy (non-hydrogen) atoms. The van der Waals surface area contributed by atoms with E-state index >= 15 is 0 Å². The molecule has 0 aliphatic carbocycles. The van der Waals surface area contributed by atoms with E-state index in [2.05, 4.69) is 10.6 Å². The van der Waals surface area contributed by atoms with Gasteiger partial charge in [-0.2, -0.15) is 0 Å². The molecule has 1 aliphatic heterocycles. The van der Waals surface area contributed by atoms with Crippen LogP contribution in [-0.4, -0.2) is 48.6 Å². The Kier molecular flexibility index (Phi) is 6.36. The highest BCUT2D eigenvalue weighted by atomic mass is 19.1. The van der Waals surface area contributed by atoms with Crippen molar-refractivity contribution in [1.82, 2.24) is 10.2 Å². The topological polar surface area (TPSA) is 64.7 Å². The lowest BCUT2D eigenvalue weighted by Crippen LogP contribution is -2.54. The van der Waals surface area contributed by atoms with Crippen LogP contribution < -0.4 is 15.5 Å². The van der Waals surface area contributed by atoms with E-state index in [1.807, 2.05) is 31.7 Å². The van der Waals surface area contributed by atoms with E-state index < -0.39 is 0 Å². The van der Waals surface area contributed by atoms with Crippen molar-refractivity contribution in [2.45, 2.75) is 32.9 Å². The van der Waals surface area contributed by atoms with Gasteiger partial charge >= 0.3 is 6.03 Å². The van der Waals surface area contributed by atoms with Crippen LogP contribution in [0.4, 0.5) is 20.6 Å². The molecule has 1 fully saturated rings. The SMILES string of the molecule is CC(C)NC(=O)Nc1cccc(C(=O)N2CCN(c3ccccc3F)CC2C)c1. The van der Waals surface area contributed by atoms with Crippen molar-refractivity contribution in [2.24, 2.45) is 0 Å². The molecule has 1 atom stereocenters. The van der Waals surface area contributed by atoms with Crippen molar-refractivity contribution >= 4 is 23.3 Å². The lowest BCUT2D eigenvalue weighted by atomic mass is 10.1. The van der Waals surface area contributed by atoms with Crippen LogP contribution in [-0.2, 0) is 0 Å². The molecule has 6 nitrogen and oxygen atoms in total. The largest absolute Gasteiger partial charge is 0.365 e. The smallest absolute Gasteiger partial charge is 0.319 e. The van der Waals surface area contributed by atoms with Gasteiger partial charge in [0.2, 0.25) is 0 Å². The molecule has 0 saturated carbocycles. The lowest BCUT2D eigenvalue weighted by Gasteiger charge is -2.41. The second-order valence-corrected chi connectivity index (χ2v) is 7.58. The number of nitrogens with zero attached hydrogens (tertiary/aromatic N) is 2. The quantitative estimate of drug-likeness (QED) is 0.825. The minimum absolute atomic E-state index is 0.0198. The zero-order valence-corrected chi connectivity index (χ0v) is 17.0. The molecule has 2 N–H and O–H groups in total. The molecule has 2 aromatic carbocycles. The average molecular weight is 398 g/mol. The number of amides is 3. The van der Waals surface area contributed by atoms with Gasteiger partial charge in [0.15, 0.2) is 0 Å². The van der Waals surface area contributed by atoms with Gasteiger partial charge in [-0.15, -0.1) is 0 Å². The highest BCUT2D eigenvalue weighted by Gasteiger charge is 2.29. The number of para-hydroxylation sites is 1. The first-order chi connectivity index (χ1) is 13.8. The predicted octanol–water partition coefficient (Wildman–Crippen LogP) is 3.71. The summed E-state index contributed by atoms with van der Waals surface area (Å²) in [6.45, 7) is 7.33. The van der Waals surface area contributed by atoms with Gasteiger partial charge in [0.25, 0.3) is 5.91 Å². The zero-order chi connectivity index (χ0) is 21.0. The number of benzene rings is 2. The van der Waals surface area contributed by atoms with Crippen molar-refractivity contribution in [1.29, 1.82) is 0 Å². The van der Waals surface area contributed by atoms with E-state index in [-0.39, 0.29) is 29.8 Å². The normalized spacial score (nSPS) is 16.7. The summed E-state index contributed by atoms with van der Waals surface area (Å²) in [7, 11) is 0. The summed E-state index contributed by atoms with van der Waals surface area (Å²) in [5.41, 5.74) is 1.64. The van der Waals surface area contributed by atoms with Crippen LogP contribution in [0.3, 0.4) is 0 Å². The number of halogens is 1. The Morgan fingerprint density at radius 3 is 2.55 bits per heavy atom. The molecule has 154 valence electrons. The zero-order valence-electron chi connectivity index (χ0n) is 17.0. The van der Waals surface area contributed by atoms with Gasteiger partial charge < -0.3 is 20.4 Å². The molecule has 3 amide bonds. The van der Waals surface area contributed by atoms with Crippen LogP contribution >= 0.6 is 0 Å². The molecular weight excluding hydrogens is 371 g/mol. The van der Waals surface area contributed by atoms with E-state index in [1.54, 1.807) is 41.3 Å². The third-order valence-electron chi connectivity index (χ3n) is 4.87. The van der Waals surface area contributed by atoms with Crippen molar-refractivity contribution < 1.29 is 14.0 Å². The van der Waals surface area contributed by atoms with E-state index in [9.17, 15) is 14.0 Å². The number of carbonyl (C=O) groups excluding carboxylic acids is 2. The average Bonchev–Trinajstić information content (AvgIpc) is 2.67. The molecule has 0 bridgehead atoms. The first kappa shape index (κ1) is 20.6. The van der Waals surface area contributed by atoms with E-state index in [4.69, 9.17) is 0 Å². The number of piperazine rings is 1. The third-order valence-corrected chi connectivity index (χ3v) is 4.87. The van der Waals surface area contributed by atoms with Gasteiger partial charge in [0.05, 0.1) is 5.69 Å². The minimum Gasteiger partial charge on any atom is -0.365 e. The molecule has 0 aromatic heterocycles. The lowest BCUT2D eigenvalue weighted by molar-refractivity contribution is 0.0674. The van der Waals surface area contributed by atoms with Gasteiger partial charge in [-0.25, -0.2) is 9.18 Å². The monoisotopic (exact) mass is 398 g/mol. The van der Waals surface area contributed by atoms with Crippen LogP contribution in [0.5, 0.6) is 0 Å². The van der Waals surface area contributed by atoms with Crippen LogP contribution in [0.1, 0.15) is 31.1 Å². The standard InChI is InChI=1S/C22H27FN4O2/c1-15(2)24-22(29)25-18-8-6-7-17(13-18)21(28)27-12-11-26(14-16(27)3)20-10-5-4-9-19(20)23/h4-10,13,15-16H,11-12,14H2,1-3H3,(H2,24,25,29). The maximum Gasteiger partial charge on any atom is 0.319 e. The van der Waals surface area contributed by atoms with E-state index in [0.717, 1.165) is 0 Å². The molecule has 2 aromatic rings. The molecule has 0 radical (unpaired) electrons. The molecule has 1 saturated heterocycles. The summed E-state index contributed by atoms with van der Waals surface area (Å²) in [5.74, 6) is -0.350. The third kappa shape index (κ3) is 5.04.